The maximum atomic E-state index is 10.9. The minimum atomic E-state index is -1.03. The first-order valence-corrected chi connectivity index (χ1v) is 9.52. The van der Waals surface area contributed by atoms with E-state index in [2.05, 4.69) is 11.8 Å². The van der Waals surface area contributed by atoms with Crippen molar-refractivity contribution >= 4 is 35.5 Å². The molecule has 5 nitrogen and oxygen atoms in total. The molecule has 0 amide bonds. The second-order valence-electron chi connectivity index (χ2n) is 6.39. The van der Waals surface area contributed by atoms with Crippen molar-refractivity contribution in [3.8, 4) is 0 Å². The first-order chi connectivity index (χ1) is 11.2. The number of carbonyl (C=O) groups excluding carboxylic acids is 1. The third-order valence-electron chi connectivity index (χ3n) is 4.16. The van der Waals surface area contributed by atoms with E-state index in [0.717, 1.165) is 12.8 Å². The van der Waals surface area contributed by atoms with Crippen molar-refractivity contribution in [3.05, 3.63) is 10.1 Å². The van der Waals surface area contributed by atoms with Gasteiger partial charge < -0.3 is 0 Å². The van der Waals surface area contributed by atoms with Gasteiger partial charge in [0.1, 0.15) is 0 Å². The van der Waals surface area contributed by atoms with E-state index in [0.29, 0.717) is 6.42 Å². The Morgan fingerprint density at radius 2 is 1.08 bits per heavy atom. The number of hydrogen-bond donors (Lipinski definition) is 0. The Bertz CT molecular complexity index is 301. The van der Waals surface area contributed by atoms with Gasteiger partial charge in [0.25, 0.3) is 0 Å². The summed E-state index contributed by atoms with van der Waals surface area (Å²) in [5, 5.41) is 8.90. The first kappa shape index (κ1) is 26.1. The van der Waals surface area contributed by atoms with Crippen LogP contribution in [0, 0.1) is 10.1 Å². The number of rotatable bonds is 17. The van der Waals surface area contributed by atoms with Gasteiger partial charge in [-0.25, -0.2) is 4.84 Å². The molecule has 24 heavy (non-hydrogen) atoms. The Kier molecular flexibility index (Phi) is 22.7. The molecule has 0 radical (unpaired) electrons. The van der Waals surface area contributed by atoms with Crippen molar-refractivity contribution in [3.63, 3.8) is 0 Å². The molecule has 0 rings (SSSR count). The zero-order valence-electron chi connectivity index (χ0n) is 14.9. The molecule has 0 aromatic heterocycles. The standard InChI is InChI=1S/C18H35NO4.Na.H/c1-2-3-4-5-6-7-8-9-10-11-12-13-14-15-16-17-18(20)23-19(21)22;;/h2-17H2,1H3;;. The van der Waals surface area contributed by atoms with Crippen molar-refractivity contribution in [2.24, 2.45) is 0 Å². The van der Waals surface area contributed by atoms with Gasteiger partial charge in [-0.05, 0) is 6.42 Å². The molecule has 0 atom stereocenters. The molecule has 0 unspecified atom stereocenters. The van der Waals surface area contributed by atoms with E-state index in [1.54, 1.807) is 0 Å². The SMILES string of the molecule is CCCCCCCCCCCCCCCCCC(=O)O[N+](=O)[O-].[NaH]. The number of unbranched alkanes of at least 4 members (excludes halogenated alkanes) is 14. The van der Waals surface area contributed by atoms with Crippen LogP contribution < -0.4 is 0 Å². The van der Waals surface area contributed by atoms with Crippen LogP contribution in [-0.4, -0.2) is 40.6 Å². The van der Waals surface area contributed by atoms with Crippen molar-refractivity contribution < 1.29 is 14.7 Å². The monoisotopic (exact) mass is 353 g/mol. The predicted molar refractivity (Wildman–Crippen MR) is 99.8 cm³/mol. The Labute approximate surface area is 169 Å². The molecule has 0 fully saturated rings. The minimum absolute atomic E-state index is 0. The third kappa shape index (κ3) is 21.9. The first-order valence-electron chi connectivity index (χ1n) is 9.52. The van der Waals surface area contributed by atoms with Crippen LogP contribution in [-0.2, 0) is 9.63 Å². The van der Waals surface area contributed by atoms with E-state index in [1.165, 1.54) is 77.0 Å². The quantitative estimate of drug-likeness (QED) is 0.153. The summed E-state index contributed by atoms with van der Waals surface area (Å²) < 4.78 is 0. The van der Waals surface area contributed by atoms with Crippen molar-refractivity contribution in [2.45, 2.75) is 110 Å². The van der Waals surface area contributed by atoms with Crippen LogP contribution in [0.2, 0.25) is 0 Å². The molecule has 0 aromatic rings. The van der Waals surface area contributed by atoms with E-state index in [-0.39, 0.29) is 36.0 Å². The molecule has 0 N–H and O–H groups in total. The molecule has 0 heterocycles. The van der Waals surface area contributed by atoms with Gasteiger partial charge in [-0.2, -0.15) is 0 Å². The van der Waals surface area contributed by atoms with Gasteiger partial charge in [0.15, 0.2) is 0 Å². The summed E-state index contributed by atoms with van der Waals surface area (Å²) >= 11 is 0. The van der Waals surface area contributed by atoms with Gasteiger partial charge >= 0.3 is 40.6 Å². The zero-order valence-corrected chi connectivity index (χ0v) is 14.9. The molecule has 0 saturated heterocycles. The number of carbonyl (C=O) groups is 1. The molecule has 0 saturated carbocycles. The summed E-state index contributed by atoms with van der Waals surface area (Å²) in [6, 6.07) is 0. The van der Waals surface area contributed by atoms with E-state index in [4.69, 9.17) is 0 Å². The van der Waals surface area contributed by atoms with Crippen molar-refractivity contribution in [2.75, 3.05) is 0 Å². The van der Waals surface area contributed by atoms with Crippen LogP contribution in [0.25, 0.3) is 0 Å². The summed E-state index contributed by atoms with van der Waals surface area (Å²) in [6.45, 7) is 2.25. The molecule has 0 aliphatic rings. The fourth-order valence-corrected chi connectivity index (χ4v) is 2.77. The van der Waals surface area contributed by atoms with Crippen molar-refractivity contribution in [1.82, 2.24) is 0 Å². The molecule has 0 aliphatic carbocycles. The molecule has 0 aliphatic heterocycles. The average molecular weight is 353 g/mol. The van der Waals surface area contributed by atoms with Gasteiger partial charge in [0, 0.05) is 6.42 Å². The second-order valence-corrected chi connectivity index (χ2v) is 6.39. The van der Waals surface area contributed by atoms with Gasteiger partial charge in [0.05, 0.1) is 0 Å². The molecule has 6 heteroatoms. The topological polar surface area (TPSA) is 69.4 Å². The van der Waals surface area contributed by atoms with Gasteiger partial charge in [0.2, 0.25) is 0 Å². The van der Waals surface area contributed by atoms with E-state index in [9.17, 15) is 14.9 Å². The summed E-state index contributed by atoms with van der Waals surface area (Å²) in [4.78, 5) is 24.7. The molecule has 0 aromatic carbocycles. The number of hydrogen-bond acceptors (Lipinski definition) is 4. The van der Waals surface area contributed by atoms with Crippen LogP contribution in [0.3, 0.4) is 0 Å². The Balaban J connectivity index is 0. The van der Waals surface area contributed by atoms with Crippen molar-refractivity contribution in [1.29, 1.82) is 0 Å². The fraction of sp³-hybridized carbons (Fsp3) is 0.944. The van der Waals surface area contributed by atoms with Crippen LogP contribution in [0.4, 0.5) is 0 Å². The summed E-state index contributed by atoms with van der Waals surface area (Å²) in [5.74, 6) is -0.732. The van der Waals surface area contributed by atoms with Crippen LogP contribution in [0.5, 0.6) is 0 Å². The van der Waals surface area contributed by atoms with E-state index in [1.807, 2.05) is 0 Å². The Hall–Kier alpha value is -0.130. The molecule has 138 valence electrons. The van der Waals surface area contributed by atoms with Gasteiger partial charge in [-0.15, -0.1) is 10.1 Å². The Morgan fingerprint density at radius 3 is 1.42 bits per heavy atom. The zero-order chi connectivity index (χ0) is 17.2. The summed E-state index contributed by atoms with van der Waals surface area (Å²) in [6.07, 6.45) is 19.0. The Morgan fingerprint density at radius 1 is 0.750 bits per heavy atom. The normalized spacial score (nSPS) is 10.2. The fourth-order valence-electron chi connectivity index (χ4n) is 2.77. The van der Waals surface area contributed by atoms with E-state index >= 15 is 0 Å². The molecule has 0 spiro atoms. The third-order valence-corrected chi connectivity index (χ3v) is 4.16. The summed E-state index contributed by atoms with van der Waals surface area (Å²) in [7, 11) is 0. The van der Waals surface area contributed by atoms with Crippen LogP contribution in [0.15, 0.2) is 0 Å². The molecule has 0 bridgehead atoms. The van der Waals surface area contributed by atoms with Crippen LogP contribution >= 0.6 is 0 Å². The maximum absolute atomic E-state index is 10.9. The number of nitrogens with zero attached hydrogens (tertiary/aromatic N) is 1. The summed E-state index contributed by atoms with van der Waals surface area (Å²) in [5.41, 5.74) is 0. The molecular formula is C18H36NNaO4. The van der Waals surface area contributed by atoms with Crippen LogP contribution in [0.1, 0.15) is 110 Å². The predicted octanol–water partition coefficient (Wildman–Crippen LogP) is 5.33. The second kappa shape index (κ2) is 20.9. The average Bonchev–Trinajstić information content (AvgIpc) is 2.50. The molecular weight excluding hydrogens is 317 g/mol. The van der Waals surface area contributed by atoms with Gasteiger partial charge in [-0.1, -0.05) is 96.8 Å². The van der Waals surface area contributed by atoms with E-state index < -0.39 is 11.1 Å². The van der Waals surface area contributed by atoms with Gasteiger partial charge in [-0.3, -0.25) is 4.79 Å².